The van der Waals surface area contributed by atoms with E-state index in [4.69, 9.17) is 11.5 Å². The Kier molecular flexibility index (Phi) is 19.1. The Hall–Kier alpha value is -4.75. The molecule has 12 N–H and O–H groups in total. The van der Waals surface area contributed by atoms with Gasteiger partial charge in [-0.05, 0) is 36.3 Å². The number of rotatable bonds is 23. The number of thioether (sulfide) groups is 1. The van der Waals surface area contributed by atoms with Gasteiger partial charge in [-0.1, -0.05) is 44.2 Å². The number of aliphatic hydroxyl groups is 1. The van der Waals surface area contributed by atoms with Gasteiger partial charge in [0.05, 0.1) is 25.5 Å². The minimum Gasteiger partial charge on any atom is -0.481 e. The molecule has 0 bridgehead atoms. The zero-order chi connectivity index (χ0) is 38.0. The molecule has 1 aromatic rings. The van der Waals surface area contributed by atoms with Crippen LogP contribution >= 0.6 is 11.8 Å². The van der Waals surface area contributed by atoms with Crippen molar-refractivity contribution in [3.8, 4) is 0 Å². The molecular weight excluding hydrogens is 678 g/mol. The molecule has 6 unspecified atom stereocenters. The molecule has 0 radical (unpaired) electrons. The summed E-state index contributed by atoms with van der Waals surface area (Å²) in [7, 11) is 0. The van der Waals surface area contributed by atoms with Crippen LogP contribution in [0.5, 0.6) is 0 Å². The van der Waals surface area contributed by atoms with E-state index in [-0.39, 0.29) is 25.2 Å². The number of carboxylic acid groups (broad SMARTS) is 2. The Morgan fingerprint density at radius 2 is 1.20 bits per heavy atom. The lowest BCUT2D eigenvalue weighted by Crippen LogP contribution is -2.60. The Morgan fingerprint density at radius 3 is 1.70 bits per heavy atom. The summed E-state index contributed by atoms with van der Waals surface area (Å²) >= 11 is 1.44. The molecule has 6 amide bonds. The van der Waals surface area contributed by atoms with Crippen LogP contribution < -0.4 is 38.1 Å². The molecule has 18 nitrogen and oxygen atoms in total. The van der Waals surface area contributed by atoms with E-state index in [0.717, 1.165) is 0 Å². The van der Waals surface area contributed by atoms with E-state index in [1.807, 2.05) is 0 Å². The predicted octanol–water partition coefficient (Wildman–Crippen LogP) is -2.79. The normalized spacial score (nSPS) is 14.5. The zero-order valence-corrected chi connectivity index (χ0v) is 28.9. The lowest BCUT2D eigenvalue weighted by atomic mass is 10.0. The monoisotopic (exact) mass is 725 g/mol. The van der Waals surface area contributed by atoms with Crippen molar-refractivity contribution in [2.45, 2.75) is 82.2 Å². The molecule has 0 spiro atoms. The number of nitrogens with two attached hydrogens (primary N) is 2. The van der Waals surface area contributed by atoms with Gasteiger partial charge in [0, 0.05) is 6.42 Å². The SMILES string of the molecule is CSCCC(N)C(=O)NC(CC(N)=O)C(=O)NC(CO)C(=O)NC(CC(C)C)C(=O)NC(CC(=O)O)C(=O)NC(Cc1ccccc1)C(=O)O. The van der Waals surface area contributed by atoms with Crippen LogP contribution in [0.2, 0.25) is 0 Å². The largest absolute Gasteiger partial charge is 0.481 e. The Bertz CT molecular complexity index is 1350. The van der Waals surface area contributed by atoms with Gasteiger partial charge < -0.3 is 53.4 Å². The summed E-state index contributed by atoms with van der Waals surface area (Å²) in [5, 5.41) is 40.3. The number of carbonyl (C=O) groups is 8. The number of hydrogen-bond donors (Lipinski definition) is 10. The number of hydrogen-bond acceptors (Lipinski definition) is 11. The summed E-state index contributed by atoms with van der Waals surface area (Å²) in [4.78, 5) is 100. The van der Waals surface area contributed by atoms with E-state index in [2.05, 4.69) is 26.6 Å². The van der Waals surface area contributed by atoms with Crippen LogP contribution in [-0.2, 0) is 44.8 Å². The summed E-state index contributed by atoms with van der Waals surface area (Å²) in [6, 6.07) is -0.580. The number of carboxylic acids is 2. The first-order valence-corrected chi connectivity index (χ1v) is 17.0. The third-order valence-electron chi connectivity index (χ3n) is 7.07. The summed E-state index contributed by atoms with van der Waals surface area (Å²) in [5.41, 5.74) is 11.6. The minimum atomic E-state index is -1.75. The second kappa shape index (κ2) is 22.1. The molecule has 6 atom stereocenters. The molecule has 278 valence electrons. The highest BCUT2D eigenvalue weighted by Crippen LogP contribution is 2.09. The fraction of sp³-hybridized carbons (Fsp3) is 0.548. The molecular formula is C31H47N7O11S. The number of nitrogens with one attached hydrogen (secondary N) is 5. The zero-order valence-electron chi connectivity index (χ0n) is 28.0. The van der Waals surface area contributed by atoms with Crippen molar-refractivity contribution in [1.82, 2.24) is 26.6 Å². The Balaban J connectivity index is 3.12. The van der Waals surface area contributed by atoms with Gasteiger partial charge in [0.2, 0.25) is 35.4 Å². The van der Waals surface area contributed by atoms with Crippen LogP contribution in [-0.4, -0.2) is 118 Å². The first-order valence-electron chi connectivity index (χ1n) is 15.6. The molecule has 0 aliphatic heterocycles. The minimum absolute atomic E-state index is 0.0505. The number of carbonyl (C=O) groups excluding carboxylic acids is 6. The molecule has 0 fully saturated rings. The lowest BCUT2D eigenvalue weighted by Gasteiger charge is -2.27. The lowest BCUT2D eigenvalue weighted by molar-refractivity contribution is -0.143. The molecule has 0 heterocycles. The fourth-order valence-electron chi connectivity index (χ4n) is 4.49. The summed E-state index contributed by atoms with van der Waals surface area (Å²) in [6.07, 6.45) is 0.295. The van der Waals surface area contributed by atoms with E-state index in [9.17, 15) is 53.7 Å². The standard InChI is InChI=1S/C31H47N7O11S/c1-16(2)11-19(27(44)36-21(14-25(41)42)29(46)37-22(31(48)49)12-17-7-5-4-6-8-17)35-30(47)23(15-39)38-28(45)20(13-24(33)40)34-26(43)18(32)9-10-50-3/h4-8,16,18-23,39H,9-15,32H2,1-3H3,(H2,33,40)(H,34,43)(H,35,47)(H,36,44)(H,37,46)(H,38,45)(H,41,42)(H,48,49). The third-order valence-corrected chi connectivity index (χ3v) is 7.72. The van der Waals surface area contributed by atoms with Crippen molar-refractivity contribution in [2.24, 2.45) is 17.4 Å². The number of aliphatic carboxylic acids is 2. The van der Waals surface area contributed by atoms with Crippen molar-refractivity contribution in [2.75, 3.05) is 18.6 Å². The molecule has 0 aliphatic carbocycles. The number of aliphatic hydroxyl groups excluding tert-OH is 1. The predicted molar refractivity (Wildman–Crippen MR) is 181 cm³/mol. The number of benzene rings is 1. The Labute approximate surface area is 293 Å². The van der Waals surface area contributed by atoms with Gasteiger partial charge in [-0.3, -0.25) is 33.6 Å². The molecule has 50 heavy (non-hydrogen) atoms. The molecule has 1 rings (SSSR count). The second-order valence-corrected chi connectivity index (χ2v) is 12.8. The smallest absolute Gasteiger partial charge is 0.326 e. The van der Waals surface area contributed by atoms with Crippen LogP contribution in [0, 0.1) is 5.92 Å². The average molecular weight is 726 g/mol. The van der Waals surface area contributed by atoms with Crippen LogP contribution in [0.4, 0.5) is 0 Å². The molecule has 0 saturated heterocycles. The topological polar surface area (TPSA) is 309 Å². The van der Waals surface area contributed by atoms with E-state index in [1.54, 1.807) is 50.4 Å². The second-order valence-electron chi connectivity index (χ2n) is 11.8. The van der Waals surface area contributed by atoms with E-state index in [1.165, 1.54) is 11.8 Å². The van der Waals surface area contributed by atoms with Crippen molar-refractivity contribution in [1.29, 1.82) is 0 Å². The molecule has 0 aliphatic rings. The highest BCUT2D eigenvalue weighted by molar-refractivity contribution is 7.98. The first-order chi connectivity index (χ1) is 23.5. The fourth-order valence-corrected chi connectivity index (χ4v) is 4.97. The molecule has 1 aromatic carbocycles. The van der Waals surface area contributed by atoms with Crippen LogP contribution in [0.3, 0.4) is 0 Å². The summed E-state index contributed by atoms with van der Waals surface area (Å²) in [5.74, 6) is -8.57. The molecule has 0 saturated carbocycles. The van der Waals surface area contributed by atoms with Crippen LogP contribution in [0.1, 0.15) is 45.1 Å². The van der Waals surface area contributed by atoms with Gasteiger partial charge in [0.1, 0.15) is 30.2 Å². The average Bonchev–Trinajstić information content (AvgIpc) is 3.04. The van der Waals surface area contributed by atoms with Crippen LogP contribution in [0.25, 0.3) is 0 Å². The van der Waals surface area contributed by atoms with E-state index < -0.39 is 103 Å². The van der Waals surface area contributed by atoms with Crippen molar-refractivity contribution >= 4 is 59.1 Å². The van der Waals surface area contributed by atoms with Crippen LogP contribution in [0.15, 0.2) is 30.3 Å². The highest BCUT2D eigenvalue weighted by atomic mass is 32.2. The Morgan fingerprint density at radius 1 is 0.720 bits per heavy atom. The quantitative estimate of drug-likeness (QED) is 0.0546. The molecule has 19 heteroatoms. The first kappa shape index (κ1) is 43.3. The maximum atomic E-state index is 13.4. The number of amides is 6. The summed E-state index contributed by atoms with van der Waals surface area (Å²) < 4.78 is 0. The third kappa shape index (κ3) is 16.1. The van der Waals surface area contributed by atoms with Gasteiger partial charge in [0.15, 0.2) is 0 Å². The van der Waals surface area contributed by atoms with Crippen molar-refractivity contribution in [3.05, 3.63) is 35.9 Å². The van der Waals surface area contributed by atoms with Gasteiger partial charge in [-0.15, -0.1) is 0 Å². The number of primary amides is 1. The van der Waals surface area contributed by atoms with Gasteiger partial charge in [0.25, 0.3) is 0 Å². The van der Waals surface area contributed by atoms with Gasteiger partial charge >= 0.3 is 11.9 Å². The maximum Gasteiger partial charge on any atom is 0.326 e. The van der Waals surface area contributed by atoms with Gasteiger partial charge in [-0.2, -0.15) is 11.8 Å². The van der Waals surface area contributed by atoms with Gasteiger partial charge in [-0.25, -0.2) is 4.79 Å². The maximum absolute atomic E-state index is 13.4. The highest BCUT2D eigenvalue weighted by Gasteiger charge is 2.34. The van der Waals surface area contributed by atoms with Crippen molar-refractivity contribution < 1.29 is 53.7 Å². The van der Waals surface area contributed by atoms with E-state index in [0.29, 0.717) is 11.3 Å². The van der Waals surface area contributed by atoms with Crippen molar-refractivity contribution in [3.63, 3.8) is 0 Å². The summed E-state index contributed by atoms with van der Waals surface area (Å²) in [6.45, 7) is 2.41. The molecule has 0 aromatic heterocycles. The van der Waals surface area contributed by atoms with E-state index >= 15 is 0 Å².